The summed E-state index contributed by atoms with van der Waals surface area (Å²) in [6.45, 7) is 1.64. The van der Waals surface area contributed by atoms with Crippen molar-refractivity contribution in [3.8, 4) is 0 Å². The van der Waals surface area contributed by atoms with E-state index in [4.69, 9.17) is 11.1 Å². The number of rotatable bonds is 2. The fourth-order valence-electron chi connectivity index (χ4n) is 0.220. The largest absolute Gasteiger partial charge is 0.385 e. The molecule has 0 aliphatic carbocycles. The molecule has 0 spiro atoms. The highest BCUT2D eigenvalue weighted by Crippen LogP contribution is 1.92. The molecule has 0 saturated carbocycles. The SMILES string of the molecule is CC[C@@H](F)C(=N)N. The van der Waals surface area contributed by atoms with Gasteiger partial charge < -0.3 is 5.73 Å². The fraction of sp³-hybridized carbons (Fsp3) is 0.750. The number of alkyl halides is 1. The van der Waals surface area contributed by atoms with Crippen LogP contribution < -0.4 is 5.73 Å². The van der Waals surface area contributed by atoms with Gasteiger partial charge in [0.2, 0.25) is 0 Å². The number of nitrogens with two attached hydrogens (primary N) is 1. The number of halogens is 1. The molecule has 0 rings (SSSR count). The van der Waals surface area contributed by atoms with Gasteiger partial charge in [0.1, 0.15) is 5.84 Å². The summed E-state index contributed by atoms with van der Waals surface area (Å²) in [6.07, 6.45) is -0.935. The highest BCUT2D eigenvalue weighted by molar-refractivity contribution is 5.81. The molecule has 2 nitrogen and oxygen atoms in total. The summed E-state index contributed by atoms with van der Waals surface area (Å²) >= 11 is 0. The van der Waals surface area contributed by atoms with Crippen molar-refractivity contribution >= 4 is 5.84 Å². The van der Waals surface area contributed by atoms with Gasteiger partial charge in [-0.3, -0.25) is 5.41 Å². The third-order valence-electron chi connectivity index (χ3n) is 0.696. The minimum atomic E-state index is -1.24. The Balaban J connectivity index is 3.34. The van der Waals surface area contributed by atoms with Gasteiger partial charge in [-0.05, 0) is 6.42 Å². The van der Waals surface area contributed by atoms with Gasteiger partial charge in [-0.2, -0.15) is 0 Å². The summed E-state index contributed by atoms with van der Waals surface area (Å²) in [5.74, 6) is -0.373. The summed E-state index contributed by atoms with van der Waals surface area (Å²) in [7, 11) is 0. The predicted molar refractivity (Wildman–Crippen MR) is 27.1 cm³/mol. The van der Waals surface area contributed by atoms with E-state index in [9.17, 15) is 4.39 Å². The average molecular weight is 104 g/mol. The number of amidine groups is 1. The molecule has 0 aliphatic heterocycles. The van der Waals surface area contributed by atoms with E-state index >= 15 is 0 Å². The third-order valence-corrected chi connectivity index (χ3v) is 0.696. The first kappa shape index (κ1) is 6.40. The monoisotopic (exact) mass is 104 g/mol. The van der Waals surface area contributed by atoms with Crippen LogP contribution in [-0.2, 0) is 0 Å². The van der Waals surface area contributed by atoms with Crippen molar-refractivity contribution < 1.29 is 4.39 Å². The fourth-order valence-corrected chi connectivity index (χ4v) is 0.220. The summed E-state index contributed by atoms with van der Waals surface area (Å²) < 4.78 is 11.9. The van der Waals surface area contributed by atoms with Crippen LogP contribution in [0.25, 0.3) is 0 Å². The van der Waals surface area contributed by atoms with Gasteiger partial charge in [0.05, 0.1) is 0 Å². The number of hydrogen-bond donors (Lipinski definition) is 2. The molecule has 0 aromatic carbocycles. The molecule has 7 heavy (non-hydrogen) atoms. The van der Waals surface area contributed by atoms with Crippen LogP contribution in [0.2, 0.25) is 0 Å². The normalized spacial score (nSPS) is 13.4. The van der Waals surface area contributed by atoms with E-state index in [-0.39, 0.29) is 5.84 Å². The molecule has 0 aliphatic rings. The molecule has 3 heteroatoms. The molecule has 0 aromatic rings. The van der Waals surface area contributed by atoms with E-state index in [1.165, 1.54) is 0 Å². The van der Waals surface area contributed by atoms with Crippen LogP contribution in [0, 0.1) is 5.41 Å². The van der Waals surface area contributed by atoms with Crippen LogP contribution in [0.3, 0.4) is 0 Å². The quantitative estimate of drug-likeness (QED) is 0.392. The lowest BCUT2D eigenvalue weighted by Crippen LogP contribution is -2.22. The van der Waals surface area contributed by atoms with E-state index < -0.39 is 6.17 Å². The maximum absolute atomic E-state index is 11.9. The van der Waals surface area contributed by atoms with Crippen LogP contribution >= 0.6 is 0 Å². The van der Waals surface area contributed by atoms with Gasteiger partial charge >= 0.3 is 0 Å². The summed E-state index contributed by atoms with van der Waals surface area (Å²) in [4.78, 5) is 0. The second kappa shape index (κ2) is 2.55. The van der Waals surface area contributed by atoms with Crippen LogP contribution in [0.1, 0.15) is 13.3 Å². The van der Waals surface area contributed by atoms with Crippen molar-refractivity contribution in [3.05, 3.63) is 0 Å². The highest BCUT2D eigenvalue weighted by Gasteiger charge is 2.03. The Morgan fingerprint density at radius 1 is 2.00 bits per heavy atom. The van der Waals surface area contributed by atoms with Crippen molar-refractivity contribution in [1.29, 1.82) is 5.41 Å². The summed E-state index contributed by atoms with van der Waals surface area (Å²) in [5.41, 5.74) is 4.75. The van der Waals surface area contributed by atoms with E-state index in [2.05, 4.69) is 0 Å². The highest BCUT2D eigenvalue weighted by atomic mass is 19.1. The Bertz CT molecular complexity index is 72.1. The standard InChI is InChI=1S/C4H9FN2/c1-2-3(5)4(6)7/h3H,2H2,1H3,(H3,6,7)/t3-/m1/s1. The van der Waals surface area contributed by atoms with Crippen molar-refractivity contribution in [3.63, 3.8) is 0 Å². The van der Waals surface area contributed by atoms with Gasteiger partial charge in [-0.15, -0.1) is 0 Å². The van der Waals surface area contributed by atoms with Gasteiger partial charge in [-0.25, -0.2) is 4.39 Å². The maximum Gasteiger partial charge on any atom is 0.156 e. The lowest BCUT2D eigenvalue weighted by atomic mass is 10.3. The summed E-state index contributed by atoms with van der Waals surface area (Å²) in [5, 5.41) is 6.50. The zero-order valence-electron chi connectivity index (χ0n) is 4.24. The Labute approximate surface area is 42.0 Å². The van der Waals surface area contributed by atoms with Crippen LogP contribution in [0.5, 0.6) is 0 Å². The third kappa shape index (κ3) is 2.14. The molecule has 0 saturated heterocycles. The molecule has 0 bridgehead atoms. The van der Waals surface area contributed by atoms with Crippen molar-refractivity contribution in [2.24, 2.45) is 5.73 Å². The molecular formula is C4H9FN2. The lowest BCUT2D eigenvalue weighted by Gasteiger charge is -1.97. The Morgan fingerprint density at radius 3 is 2.43 bits per heavy atom. The van der Waals surface area contributed by atoms with Crippen molar-refractivity contribution in [2.75, 3.05) is 0 Å². The van der Waals surface area contributed by atoms with Gasteiger partial charge in [0.15, 0.2) is 6.17 Å². The second-order valence-electron chi connectivity index (χ2n) is 1.33. The van der Waals surface area contributed by atoms with Gasteiger partial charge in [0.25, 0.3) is 0 Å². The van der Waals surface area contributed by atoms with Crippen molar-refractivity contribution in [1.82, 2.24) is 0 Å². The molecule has 3 N–H and O–H groups in total. The molecular weight excluding hydrogens is 95.1 g/mol. The number of nitrogens with one attached hydrogen (secondary N) is 1. The van der Waals surface area contributed by atoms with E-state index in [0.717, 1.165) is 0 Å². The van der Waals surface area contributed by atoms with E-state index in [0.29, 0.717) is 6.42 Å². The Hall–Kier alpha value is -0.600. The number of hydrogen-bond acceptors (Lipinski definition) is 1. The van der Waals surface area contributed by atoms with Crippen LogP contribution in [0.15, 0.2) is 0 Å². The van der Waals surface area contributed by atoms with E-state index in [1.807, 2.05) is 0 Å². The van der Waals surface area contributed by atoms with E-state index in [1.54, 1.807) is 6.92 Å². The Morgan fingerprint density at radius 2 is 2.43 bits per heavy atom. The second-order valence-corrected chi connectivity index (χ2v) is 1.33. The molecule has 42 valence electrons. The molecule has 0 fully saturated rings. The molecule has 1 atom stereocenters. The zero-order chi connectivity index (χ0) is 5.86. The molecule has 0 radical (unpaired) electrons. The van der Waals surface area contributed by atoms with Gasteiger partial charge in [-0.1, -0.05) is 6.92 Å². The maximum atomic E-state index is 11.9. The topological polar surface area (TPSA) is 49.9 Å². The first-order valence-electron chi connectivity index (χ1n) is 2.16. The van der Waals surface area contributed by atoms with Crippen LogP contribution in [0.4, 0.5) is 4.39 Å². The minimum Gasteiger partial charge on any atom is -0.385 e. The van der Waals surface area contributed by atoms with Crippen molar-refractivity contribution in [2.45, 2.75) is 19.5 Å². The lowest BCUT2D eigenvalue weighted by molar-refractivity contribution is 0.410. The molecule has 0 unspecified atom stereocenters. The Kier molecular flexibility index (Phi) is 2.33. The molecule has 0 amide bonds. The minimum absolute atomic E-state index is 0.301. The predicted octanol–water partition coefficient (Wildman–Crippen LogP) is 0.670. The zero-order valence-corrected chi connectivity index (χ0v) is 4.24. The summed E-state index contributed by atoms with van der Waals surface area (Å²) in [6, 6.07) is 0. The smallest absolute Gasteiger partial charge is 0.156 e. The first-order valence-corrected chi connectivity index (χ1v) is 2.16. The van der Waals surface area contributed by atoms with Crippen LogP contribution in [-0.4, -0.2) is 12.0 Å². The average Bonchev–Trinajstić information content (AvgIpc) is 1.65. The first-order chi connectivity index (χ1) is 3.18. The molecule has 0 aromatic heterocycles. The van der Waals surface area contributed by atoms with Gasteiger partial charge in [0, 0.05) is 0 Å². The molecule has 0 heterocycles.